The Labute approximate surface area is 166 Å². The average molecular weight is 444 g/mol. The third kappa shape index (κ3) is 4.31. The zero-order valence-corrected chi connectivity index (χ0v) is 16.8. The maximum absolute atomic E-state index is 12.9. The molecule has 0 spiro atoms. The SMILES string of the molecule is CN(C)c1cc(-c2c(Cl)cc(C(F)(F)F)cc2Cl)cc(CS)c1S(=O)O. The van der Waals surface area contributed by atoms with Crippen molar-refractivity contribution in [3.05, 3.63) is 45.4 Å². The lowest BCUT2D eigenvalue weighted by molar-refractivity contribution is -0.137. The molecule has 0 aliphatic carbocycles. The molecule has 142 valence electrons. The largest absolute Gasteiger partial charge is 0.416 e. The first-order valence-electron chi connectivity index (χ1n) is 7.10. The number of benzene rings is 2. The topological polar surface area (TPSA) is 40.5 Å². The van der Waals surface area contributed by atoms with Crippen molar-refractivity contribution < 1.29 is 21.9 Å². The summed E-state index contributed by atoms with van der Waals surface area (Å²) in [5, 5.41) is -0.338. The predicted molar refractivity (Wildman–Crippen MR) is 103 cm³/mol. The normalized spacial score (nSPS) is 13.0. The number of hydrogen-bond acceptors (Lipinski definition) is 3. The number of alkyl halides is 3. The van der Waals surface area contributed by atoms with Gasteiger partial charge in [-0.25, -0.2) is 4.21 Å². The number of nitrogens with zero attached hydrogens (tertiary/aromatic N) is 1. The van der Waals surface area contributed by atoms with Crippen LogP contribution >= 0.6 is 35.8 Å². The van der Waals surface area contributed by atoms with Gasteiger partial charge in [-0.1, -0.05) is 23.2 Å². The van der Waals surface area contributed by atoms with Crippen LogP contribution in [0.4, 0.5) is 18.9 Å². The van der Waals surface area contributed by atoms with Gasteiger partial charge in [-0.05, 0) is 35.4 Å². The van der Waals surface area contributed by atoms with Gasteiger partial charge < -0.3 is 9.45 Å². The van der Waals surface area contributed by atoms with Crippen molar-refractivity contribution in [2.45, 2.75) is 16.8 Å². The van der Waals surface area contributed by atoms with E-state index in [0.717, 1.165) is 12.1 Å². The van der Waals surface area contributed by atoms with Crippen LogP contribution in [0.1, 0.15) is 11.1 Å². The molecule has 0 amide bonds. The van der Waals surface area contributed by atoms with Crippen LogP contribution in [0.5, 0.6) is 0 Å². The molecule has 0 aliphatic heterocycles. The molecular formula is C16H14Cl2F3NO2S2. The van der Waals surface area contributed by atoms with Gasteiger partial charge in [0.25, 0.3) is 0 Å². The minimum absolute atomic E-state index is 0.145. The molecule has 0 bridgehead atoms. The van der Waals surface area contributed by atoms with Gasteiger partial charge in [0.2, 0.25) is 0 Å². The van der Waals surface area contributed by atoms with E-state index in [9.17, 15) is 21.9 Å². The van der Waals surface area contributed by atoms with E-state index in [0.29, 0.717) is 16.8 Å². The van der Waals surface area contributed by atoms with Gasteiger partial charge in [-0.3, -0.25) is 0 Å². The van der Waals surface area contributed by atoms with Gasteiger partial charge in [-0.2, -0.15) is 25.8 Å². The van der Waals surface area contributed by atoms with E-state index >= 15 is 0 Å². The van der Waals surface area contributed by atoms with Crippen LogP contribution in [0.15, 0.2) is 29.2 Å². The summed E-state index contributed by atoms with van der Waals surface area (Å²) in [6.07, 6.45) is -4.57. The Balaban J connectivity index is 2.77. The van der Waals surface area contributed by atoms with Crippen LogP contribution in [0.2, 0.25) is 10.0 Å². The summed E-state index contributed by atoms with van der Waals surface area (Å²) in [6.45, 7) is 0. The molecule has 0 radical (unpaired) electrons. The lowest BCUT2D eigenvalue weighted by Crippen LogP contribution is -2.13. The van der Waals surface area contributed by atoms with Crippen LogP contribution < -0.4 is 4.90 Å². The van der Waals surface area contributed by atoms with Crippen molar-refractivity contribution in [2.24, 2.45) is 0 Å². The fourth-order valence-electron chi connectivity index (χ4n) is 2.48. The molecule has 0 aromatic heterocycles. The lowest BCUT2D eigenvalue weighted by atomic mass is 10.00. The maximum Gasteiger partial charge on any atom is 0.416 e. The third-order valence-electron chi connectivity index (χ3n) is 3.63. The quantitative estimate of drug-likeness (QED) is 0.466. The van der Waals surface area contributed by atoms with Gasteiger partial charge in [0.1, 0.15) is 0 Å². The summed E-state index contributed by atoms with van der Waals surface area (Å²) in [7, 11) is 3.35. The highest BCUT2D eigenvalue weighted by molar-refractivity contribution is 7.80. The summed E-state index contributed by atoms with van der Waals surface area (Å²) in [4.78, 5) is 1.79. The zero-order chi connectivity index (χ0) is 19.8. The zero-order valence-electron chi connectivity index (χ0n) is 13.6. The Bertz CT molecular complexity index is 850. The summed E-state index contributed by atoms with van der Waals surface area (Å²) >= 11 is 14.1. The average Bonchev–Trinajstić information content (AvgIpc) is 2.51. The molecule has 10 heteroatoms. The number of thiol groups is 1. The van der Waals surface area contributed by atoms with E-state index in [2.05, 4.69) is 12.6 Å². The standard InChI is InChI=1S/C16H14Cl2F3NO2S2/c1-22(2)13-4-8(3-9(7-25)15(13)26(23)24)14-11(17)5-10(6-12(14)18)16(19,20)21/h3-6,25H,7H2,1-2H3,(H,23,24). The maximum atomic E-state index is 12.9. The number of rotatable bonds is 4. The highest BCUT2D eigenvalue weighted by atomic mass is 35.5. The van der Waals surface area contributed by atoms with Crippen molar-refractivity contribution >= 4 is 52.6 Å². The summed E-state index contributed by atoms with van der Waals surface area (Å²) in [5.41, 5.74) is 0.548. The second-order valence-corrected chi connectivity index (χ2v) is 7.64. The van der Waals surface area contributed by atoms with Crippen molar-refractivity contribution in [3.8, 4) is 11.1 Å². The number of anilines is 1. The molecule has 26 heavy (non-hydrogen) atoms. The molecule has 0 saturated carbocycles. The molecule has 0 saturated heterocycles. The lowest BCUT2D eigenvalue weighted by Gasteiger charge is -2.21. The van der Waals surface area contributed by atoms with Gasteiger partial charge in [-0.15, -0.1) is 0 Å². The van der Waals surface area contributed by atoms with E-state index < -0.39 is 22.8 Å². The van der Waals surface area contributed by atoms with Crippen LogP contribution in [-0.4, -0.2) is 22.9 Å². The molecule has 2 aromatic rings. The molecule has 2 rings (SSSR count). The minimum atomic E-state index is -4.57. The molecule has 0 fully saturated rings. The molecule has 0 heterocycles. The van der Waals surface area contributed by atoms with Crippen LogP contribution in [0.3, 0.4) is 0 Å². The number of hydrogen-bond donors (Lipinski definition) is 2. The molecular weight excluding hydrogens is 430 g/mol. The molecule has 1 unspecified atom stereocenters. The smallest absolute Gasteiger partial charge is 0.377 e. The first-order chi connectivity index (χ1) is 12.0. The molecule has 2 aromatic carbocycles. The van der Waals surface area contributed by atoms with Gasteiger partial charge in [0, 0.05) is 25.4 Å². The Morgan fingerprint density at radius 2 is 1.69 bits per heavy atom. The van der Waals surface area contributed by atoms with Crippen LogP contribution in [-0.2, 0) is 23.0 Å². The molecule has 1 N–H and O–H groups in total. The van der Waals surface area contributed by atoms with Crippen molar-refractivity contribution in [1.29, 1.82) is 0 Å². The summed E-state index contributed by atoms with van der Waals surface area (Å²) in [6, 6.07) is 4.70. The van der Waals surface area contributed by atoms with Crippen molar-refractivity contribution in [3.63, 3.8) is 0 Å². The van der Waals surface area contributed by atoms with Gasteiger partial charge in [0.15, 0.2) is 11.1 Å². The van der Waals surface area contributed by atoms with Crippen LogP contribution in [0.25, 0.3) is 11.1 Å². The van der Waals surface area contributed by atoms with E-state index in [-0.39, 0.29) is 26.3 Å². The Kier molecular flexibility index (Phi) is 6.56. The monoisotopic (exact) mass is 443 g/mol. The first-order valence-corrected chi connectivity index (χ1v) is 9.59. The third-order valence-corrected chi connectivity index (χ3v) is 5.39. The van der Waals surface area contributed by atoms with Gasteiger partial charge >= 0.3 is 6.18 Å². The molecule has 0 aliphatic rings. The van der Waals surface area contributed by atoms with Crippen molar-refractivity contribution in [1.82, 2.24) is 0 Å². The summed E-state index contributed by atoms with van der Waals surface area (Å²) in [5.74, 6) is 0.145. The van der Waals surface area contributed by atoms with E-state index in [1.807, 2.05) is 0 Å². The Morgan fingerprint density at radius 1 is 1.15 bits per heavy atom. The second-order valence-electron chi connectivity index (χ2n) is 5.60. The minimum Gasteiger partial charge on any atom is -0.377 e. The second kappa shape index (κ2) is 7.98. The first kappa shape index (κ1) is 21.4. The van der Waals surface area contributed by atoms with Gasteiger partial charge in [0.05, 0.1) is 26.2 Å². The highest BCUT2D eigenvalue weighted by Gasteiger charge is 2.32. The molecule has 1 atom stereocenters. The number of halogens is 5. The van der Waals surface area contributed by atoms with E-state index in [4.69, 9.17) is 23.2 Å². The van der Waals surface area contributed by atoms with E-state index in [1.54, 1.807) is 31.1 Å². The highest BCUT2D eigenvalue weighted by Crippen LogP contribution is 2.42. The predicted octanol–water partition coefficient (Wildman–Crippen LogP) is 5.76. The fraction of sp³-hybridized carbons (Fsp3) is 0.250. The Morgan fingerprint density at radius 3 is 2.08 bits per heavy atom. The summed E-state index contributed by atoms with van der Waals surface area (Å²) < 4.78 is 60.1. The Hall–Kier alpha value is -0.930. The van der Waals surface area contributed by atoms with E-state index in [1.165, 1.54) is 0 Å². The van der Waals surface area contributed by atoms with Crippen LogP contribution in [0, 0.1) is 0 Å². The molecule has 3 nitrogen and oxygen atoms in total. The fourth-order valence-corrected chi connectivity index (χ4v) is 4.32. The van der Waals surface area contributed by atoms with Crippen molar-refractivity contribution in [2.75, 3.05) is 19.0 Å².